The van der Waals surface area contributed by atoms with Crippen LogP contribution in [0.5, 0.6) is 0 Å². The fraction of sp³-hybridized carbons (Fsp3) is 0.578. The molecule has 5 aliphatic rings. The molecule has 0 radical (unpaired) electrons. The number of anilines is 1. The summed E-state index contributed by atoms with van der Waals surface area (Å²) in [4.78, 5) is 102. The number of aromatic nitrogens is 1. The van der Waals surface area contributed by atoms with E-state index in [1.165, 1.54) is 9.47 Å². The zero-order valence-corrected chi connectivity index (χ0v) is 36.3. The van der Waals surface area contributed by atoms with Gasteiger partial charge in [-0.3, -0.25) is 23.9 Å². The third-order valence-corrected chi connectivity index (χ3v) is 13.4. The van der Waals surface area contributed by atoms with Crippen molar-refractivity contribution in [1.29, 1.82) is 0 Å². The standard InChI is InChI=1S/C45H58N8O10/c1-30-27-31(28-36-39(30)47(2)44(59)62-36)29-37(63-45(60)52-19-13-34(14-20-52)53-21-10-32-7-3-4-8-35(32)46-43(53)58)40(55)51-24-22-48(23-25-51)33-11-17-50(18-12-33)41(56)42(57)61-26-6-16-49-15-5-9-38(49)54/h3-4,7-8,27-28,33-34,37H,5-6,9-26,29H2,1-2H3,(H,46,58)/t37-/m1/s1. The molecule has 338 valence electrons. The van der Waals surface area contributed by atoms with E-state index in [4.69, 9.17) is 13.9 Å². The van der Waals surface area contributed by atoms with Gasteiger partial charge in [-0.2, -0.15) is 0 Å². The molecule has 18 nitrogen and oxygen atoms in total. The van der Waals surface area contributed by atoms with Gasteiger partial charge in [0, 0.05) is 110 Å². The lowest BCUT2D eigenvalue weighted by Crippen LogP contribution is -2.57. The Labute approximate surface area is 366 Å². The van der Waals surface area contributed by atoms with Crippen LogP contribution in [0.1, 0.15) is 61.6 Å². The molecule has 2 aromatic carbocycles. The maximum Gasteiger partial charge on any atom is 0.419 e. The molecule has 0 unspecified atom stereocenters. The predicted molar refractivity (Wildman–Crippen MR) is 230 cm³/mol. The number of nitrogens with one attached hydrogen (secondary N) is 1. The first-order valence-electron chi connectivity index (χ1n) is 22.4. The van der Waals surface area contributed by atoms with Gasteiger partial charge in [-0.05, 0) is 80.7 Å². The van der Waals surface area contributed by atoms with Gasteiger partial charge in [0.15, 0.2) is 11.7 Å². The number of hydrogen-bond donors (Lipinski definition) is 1. The third-order valence-electron chi connectivity index (χ3n) is 13.4. The highest BCUT2D eigenvalue weighted by Crippen LogP contribution is 2.27. The van der Waals surface area contributed by atoms with Crippen LogP contribution in [-0.2, 0) is 48.5 Å². The number of aryl methyl sites for hydroxylation is 2. The van der Waals surface area contributed by atoms with Crippen LogP contribution in [0.3, 0.4) is 0 Å². The molecule has 0 saturated carbocycles. The molecule has 4 fully saturated rings. The molecule has 8 rings (SSSR count). The first kappa shape index (κ1) is 43.7. The molecular weight excluding hydrogens is 813 g/mol. The molecule has 4 saturated heterocycles. The number of fused-ring (bicyclic) bond motifs is 2. The molecule has 0 spiro atoms. The lowest BCUT2D eigenvalue weighted by atomic mass is 10.0. The van der Waals surface area contributed by atoms with E-state index in [0.29, 0.717) is 121 Å². The van der Waals surface area contributed by atoms with Crippen molar-refractivity contribution in [2.45, 2.75) is 82.9 Å². The fourth-order valence-corrected chi connectivity index (χ4v) is 9.88. The summed E-state index contributed by atoms with van der Waals surface area (Å²) in [7, 11) is 1.64. The molecule has 3 aromatic rings. The smallest absolute Gasteiger partial charge is 0.419 e. The van der Waals surface area contributed by atoms with Crippen LogP contribution in [-0.4, -0.2) is 167 Å². The van der Waals surface area contributed by atoms with Crippen molar-refractivity contribution >= 4 is 52.6 Å². The number of urea groups is 1. The number of carbonyl (C=O) groups excluding carboxylic acids is 6. The van der Waals surface area contributed by atoms with Crippen molar-refractivity contribution in [1.82, 2.24) is 34.0 Å². The van der Waals surface area contributed by atoms with Gasteiger partial charge in [0.05, 0.1) is 12.1 Å². The van der Waals surface area contributed by atoms with E-state index >= 15 is 0 Å². The number of para-hydroxylation sites is 1. The molecule has 5 aliphatic heterocycles. The second-order valence-electron chi connectivity index (χ2n) is 17.4. The van der Waals surface area contributed by atoms with Crippen molar-refractivity contribution in [2.75, 3.05) is 83.9 Å². The van der Waals surface area contributed by atoms with Crippen molar-refractivity contribution in [3.8, 4) is 0 Å². The van der Waals surface area contributed by atoms with Crippen LogP contribution >= 0.6 is 0 Å². The molecule has 1 N–H and O–H groups in total. The number of oxazole rings is 1. The predicted octanol–water partition coefficient (Wildman–Crippen LogP) is 2.73. The van der Waals surface area contributed by atoms with Crippen molar-refractivity contribution in [3.05, 3.63) is 63.6 Å². The summed E-state index contributed by atoms with van der Waals surface area (Å²) in [5, 5.41) is 3.03. The number of amides is 6. The second kappa shape index (κ2) is 19.2. The maximum atomic E-state index is 14.4. The molecule has 1 atom stereocenters. The van der Waals surface area contributed by atoms with Gasteiger partial charge in [0.25, 0.3) is 5.91 Å². The molecule has 0 aliphatic carbocycles. The Morgan fingerprint density at radius 3 is 2.27 bits per heavy atom. The number of ether oxygens (including phenoxy) is 2. The highest BCUT2D eigenvalue weighted by Gasteiger charge is 2.37. The molecule has 18 heteroatoms. The van der Waals surface area contributed by atoms with Crippen molar-refractivity contribution in [3.63, 3.8) is 0 Å². The van der Waals surface area contributed by atoms with Crippen LogP contribution < -0.4 is 11.1 Å². The number of likely N-dealkylation sites (tertiary alicyclic amines) is 3. The number of esters is 1. The van der Waals surface area contributed by atoms with Gasteiger partial charge in [-0.1, -0.05) is 24.3 Å². The maximum absolute atomic E-state index is 14.4. The minimum Gasteiger partial charge on any atom is -0.458 e. The molecule has 1 aromatic heterocycles. The van der Waals surface area contributed by atoms with E-state index < -0.39 is 29.8 Å². The van der Waals surface area contributed by atoms with E-state index in [0.717, 1.165) is 36.2 Å². The monoisotopic (exact) mass is 870 g/mol. The zero-order valence-electron chi connectivity index (χ0n) is 36.3. The number of rotatable bonds is 10. The lowest BCUT2D eigenvalue weighted by molar-refractivity contribution is -0.161. The van der Waals surface area contributed by atoms with Crippen LogP contribution in [0.25, 0.3) is 11.1 Å². The van der Waals surface area contributed by atoms with Gasteiger partial charge in [0.2, 0.25) is 5.91 Å². The van der Waals surface area contributed by atoms with Crippen molar-refractivity contribution in [2.24, 2.45) is 7.05 Å². The van der Waals surface area contributed by atoms with Crippen molar-refractivity contribution < 1.29 is 42.7 Å². The topological polar surface area (TPSA) is 187 Å². The zero-order chi connectivity index (χ0) is 44.2. The number of piperidine rings is 2. The minimum absolute atomic E-state index is 0.0502. The summed E-state index contributed by atoms with van der Waals surface area (Å²) in [5.41, 5.74) is 4.44. The van der Waals surface area contributed by atoms with Gasteiger partial charge in [0.1, 0.15) is 0 Å². The molecule has 63 heavy (non-hydrogen) atoms. The number of carbonyl (C=O) groups is 6. The van der Waals surface area contributed by atoms with Gasteiger partial charge < -0.3 is 43.7 Å². The Kier molecular flexibility index (Phi) is 13.3. The first-order chi connectivity index (χ1) is 30.4. The highest BCUT2D eigenvalue weighted by molar-refractivity contribution is 6.32. The summed E-state index contributed by atoms with van der Waals surface area (Å²) in [6.07, 6.45) is 3.46. The number of nitrogens with zero attached hydrogens (tertiary/aromatic N) is 7. The van der Waals surface area contributed by atoms with E-state index in [1.807, 2.05) is 42.2 Å². The summed E-state index contributed by atoms with van der Waals surface area (Å²) < 4.78 is 18.3. The lowest BCUT2D eigenvalue weighted by Gasteiger charge is -2.43. The summed E-state index contributed by atoms with van der Waals surface area (Å²) in [5.74, 6) is -2.21. The Morgan fingerprint density at radius 2 is 1.54 bits per heavy atom. The largest absolute Gasteiger partial charge is 0.458 e. The van der Waals surface area contributed by atoms with E-state index in [-0.39, 0.29) is 43.0 Å². The van der Waals surface area contributed by atoms with Crippen LogP contribution in [0, 0.1) is 6.92 Å². The van der Waals surface area contributed by atoms with Gasteiger partial charge >= 0.3 is 29.8 Å². The SMILES string of the molecule is Cc1cc(C[C@@H](OC(=O)N2CCC(N3CCc4ccccc4NC3=O)CC2)C(=O)N2CCN(C3CCN(C(=O)C(=O)OCCCN4CCCC4=O)CC3)CC2)cc2oc(=O)n(C)c12. The summed E-state index contributed by atoms with van der Waals surface area (Å²) >= 11 is 0. The normalized spacial score (nSPS) is 19.8. The average Bonchev–Trinajstić information content (AvgIpc) is 3.78. The second-order valence-corrected chi connectivity index (χ2v) is 17.4. The number of benzene rings is 2. The van der Waals surface area contributed by atoms with Crippen LogP contribution in [0.15, 0.2) is 45.6 Å². The quantitative estimate of drug-likeness (QED) is 0.179. The van der Waals surface area contributed by atoms with Gasteiger partial charge in [-0.25, -0.2) is 19.2 Å². The minimum atomic E-state index is -1.14. The average molecular weight is 871 g/mol. The summed E-state index contributed by atoms with van der Waals surface area (Å²) in [6.45, 7) is 7.35. The fourth-order valence-electron chi connectivity index (χ4n) is 9.88. The Morgan fingerprint density at radius 1 is 0.825 bits per heavy atom. The third kappa shape index (κ3) is 9.85. The van der Waals surface area contributed by atoms with E-state index in [2.05, 4.69) is 10.2 Å². The first-order valence-corrected chi connectivity index (χ1v) is 22.4. The van der Waals surface area contributed by atoms with Crippen LogP contribution in [0.4, 0.5) is 15.3 Å². The number of piperazine rings is 1. The molecule has 6 amide bonds. The van der Waals surface area contributed by atoms with Crippen LogP contribution in [0.2, 0.25) is 0 Å². The Balaban J connectivity index is 0.848. The molecule has 6 heterocycles. The highest BCUT2D eigenvalue weighted by atomic mass is 16.6. The molecule has 0 bridgehead atoms. The Hall–Kier alpha value is -5.91. The summed E-state index contributed by atoms with van der Waals surface area (Å²) in [6, 6.07) is 11.4. The van der Waals surface area contributed by atoms with E-state index in [1.54, 1.807) is 27.8 Å². The van der Waals surface area contributed by atoms with Gasteiger partial charge in [-0.15, -0.1) is 0 Å². The Bertz CT molecular complexity index is 2270. The number of hydrogen-bond acceptors (Lipinski definition) is 11. The van der Waals surface area contributed by atoms with E-state index in [9.17, 15) is 33.6 Å². The molecular formula is C45H58N8O10.